The van der Waals surface area contributed by atoms with Crippen LogP contribution >= 0.6 is 11.3 Å². The third-order valence-corrected chi connectivity index (χ3v) is 5.52. The van der Waals surface area contributed by atoms with Crippen LogP contribution in [0.3, 0.4) is 0 Å². The Kier molecular flexibility index (Phi) is 4.82. The van der Waals surface area contributed by atoms with Crippen molar-refractivity contribution in [1.82, 2.24) is 24.7 Å². The lowest BCUT2D eigenvalue weighted by atomic mass is 10.1. The molecule has 7 nitrogen and oxygen atoms in total. The molecule has 1 amide bonds. The van der Waals surface area contributed by atoms with Crippen molar-refractivity contribution in [2.75, 3.05) is 19.7 Å². The van der Waals surface area contributed by atoms with Gasteiger partial charge in [-0.15, -0.1) is 11.3 Å². The lowest BCUT2D eigenvalue weighted by molar-refractivity contribution is -0.198. The molecule has 1 unspecified atom stereocenters. The first-order valence-electron chi connectivity index (χ1n) is 8.78. The molecule has 8 heteroatoms. The van der Waals surface area contributed by atoms with Gasteiger partial charge in [0.1, 0.15) is 0 Å². The maximum atomic E-state index is 12.6. The molecule has 4 heterocycles. The van der Waals surface area contributed by atoms with Crippen LogP contribution in [0.25, 0.3) is 0 Å². The molecule has 0 aliphatic carbocycles. The van der Waals surface area contributed by atoms with Crippen molar-refractivity contribution in [1.29, 1.82) is 0 Å². The fraction of sp³-hybridized carbons (Fsp3) is 0.588. The molecule has 1 atom stereocenters. The van der Waals surface area contributed by atoms with Crippen LogP contribution in [0.2, 0.25) is 0 Å². The summed E-state index contributed by atoms with van der Waals surface area (Å²) in [6.45, 7) is 5.80. The Morgan fingerprint density at radius 3 is 3.12 bits per heavy atom. The predicted octanol–water partition coefficient (Wildman–Crippen LogP) is 2.15. The molecule has 25 heavy (non-hydrogen) atoms. The van der Waals surface area contributed by atoms with E-state index in [0.717, 1.165) is 48.9 Å². The summed E-state index contributed by atoms with van der Waals surface area (Å²) in [6.07, 6.45) is 4.28. The van der Waals surface area contributed by atoms with Crippen molar-refractivity contribution in [2.24, 2.45) is 0 Å². The Morgan fingerprint density at radius 1 is 1.44 bits per heavy atom. The molecule has 134 valence electrons. The Labute approximate surface area is 151 Å². The number of hydrogen-bond acceptors (Lipinski definition) is 6. The van der Waals surface area contributed by atoms with Gasteiger partial charge >= 0.3 is 0 Å². The number of aromatic nitrogens is 3. The second kappa shape index (κ2) is 7.23. The SMILES string of the molecule is Cc1nc(CN2Cc3ccnn3C(CC(=O)N3CCCCO3)C2)cs1. The van der Waals surface area contributed by atoms with Gasteiger partial charge in [0.25, 0.3) is 0 Å². The standard InChI is InChI=1S/C17H23N5O2S/c1-13-19-14(12-25-13)9-20-10-15-4-5-18-22(15)16(11-20)8-17(23)21-6-2-3-7-24-21/h4-5,12,16H,2-3,6-11H2,1H3. The molecule has 2 aliphatic rings. The Hall–Kier alpha value is -1.77. The van der Waals surface area contributed by atoms with Crippen molar-refractivity contribution in [2.45, 2.75) is 45.3 Å². The molecule has 0 radical (unpaired) electrons. The Balaban J connectivity index is 1.45. The van der Waals surface area contributed by atoms with Gasteiger partial charge in [0, 0.05) is 37.8 Å². The van der Waals surface area contributed by atoms with Gasteiger partial charge in [0.15, 0.2) is 0 Å². The minimum atomic E-state index is 0.0384. The molecule has 2 aliphatic heterocycles. The van der Waals surface area contributed by atoms with E-state index in [0.29, 0.717) is 19.6 Å². The highest BCUT2D eigenvalue weighted by molar-refractivity contribution is 7.09. The highest BCUT2D eigenvalue weighted by Gasteiger charge is 2.30. The largest absolute Gasteiger partial charge is 0.290 e. The van der Waals surface area contributed by atoms with Crippen LogP contribution in [0.4, 0.5) is 0 Å². The average Bonchev–Trinajstić information content (AvgIpc) is 3.24. The Bertz CT molecular complexity index is 737. The normalized spacial score (nSPS) is 21.3. The number of carbonyl (C=O) groups is 1. The molecule has 0 aromatic carbocycles. The molecule has 1 fully saturated rings. The van der Waals surface area contributed by atoms with Crippen LogP contribution in [-0.4, -0.2) is 50.3 Å². The summed E-state index contributed by atoms with van der Waals surface area (Å²) >= 11 is 1.68. The van der Waals surface area contributed by atoms with Crippen LogP contribution in [-0.2, 0) is 22.7 Å². The molecule has 2 aromatic rings. The van der Waals surface area contributed by atoms with Crippen molar-refractivity contribution in [3.8, 4) is 0 Å². The van der Waals surface area contributed by atoms with Crippen LogP contribution in [0.15, 0.2) is 17.6 Å². The molecule has 1 saturated heterocycles. The zero-order valence-corrected chi connectivity index (χ0v) is 15.2. The molecule has 0 spiro atoms. The quantitative estimate of drug-likeness (QED) is 0.835. The number of hydroxylamine groups is 2. The third kappa shape index (κ3) is 3.75. The zero-order chi connectivity index (χ0) is 17.2. The van der Waals surface area contributed by atoms with Crippen LogP contribution < -0.4 is 0 Å². The maximum absolute atomic E-state index is 12.6. The minimum absolute atomic E-state index is 0.0384. The topological polar surface area (TPSA) is 63.5 Å². The van der Waals surface area contributed by atoms with E-state index in [-0.39, 0.29) is 11.9 Å². The van der Waals surface area contributed by atoms with E-state index in [1.165, 1.54) is 5.06 Å². The van der Waals surface area contributed by atoms with Gasteiger partial charge in [-0.3, -0.25) is 19.2 Å². The van der Waals surface area contributed by atoms with Crippen LogP contribution in [0.1, 0.15) is 41.7 Å². The summed E-state index contributed by atoms with van der Waals surface area (Å²) in [5, 5.41) is 9.19. The summed E-state index contributed by atoms with van der Waals surface area (Å²) in [6, 6.07) is 2.07. The summed E-state index contributed by atoms with van der Waals surface area (Å²) in [7, 11) is 0. The molecule has 0 bridgehead atoms. The minimum Gasteiger partial charge on any atom is -0.290 e. The van der Waals surface area contributed by atoms with Gasteiger partial charge in [-0.2, -0.15) is 5.10 Å². The second-order valence-corrected chi connectivity index (χ2v) is 7.75. The van der Waals surface area contributed by atoms with E-state index >= 15 is 0 Å². The number of thiazole rings is 1. The van der Waals surface area contributed by atoms with Crippen LogP contribution in [0.5, 0.6) is 0 Å². The van der Waals surface area contributed by atoms with Gasteiger partial charge in [-0.1, -0.05) is 0 Å². The lowest BCUT2D eigenvalue weighted by Gasteiger charge is -2.34. The molecule has 0 N–H and O–H groups in total. The Morgan fingerprint density at radius 2 is 2.36 bits per heavy atom. The van der Waals surface area contributed by atoms with Gasteiger partial charge in [-0.25, -0.2) is 10.0 Å². The number of rotatable bonds is 4. The molecular formula is C17H23N5O2S. The van der Waals surface area contributed by atoms with Crippen LogP contribution in [0, 0.1) is 6.92 Å². The van der Waals surface area contributed by atoms with Gasteiger partial charge < -0.3 is 0 Å². The smallest absolute Gasteiger partial charge is 0.248 e. The van der Waals surface area contributed by atoms with Crippen molar-refractivity contribution in [3.63, 3.8) is 0 Å². The van der Waals surface area contributed by atoms with E-state index in [4.69, 9.17) is 4.84 Å². The first-order valence-corrected chi connectivity index (χ1v) is 9.66. The number of nitrogens with zero attached hydrogens (tertiary/aromatic N) is 5. The number of aryl methyl sites for hydroxylation is 1. The highest BCUT2D eigenvalue weighted by Crippen LogP contribution is 2.25. The second-order valence-electron chi connectivity index (χ2n) is 6.69. The van der Waals surface area contributed by atoms with E-state index in [9.17, 15) is 4.79 Å². The number of hydrogen-bond donors (Lipinski definition) is 0. The van der Waals surface area contributed by atoms with Crippen molar-refractivity contribution < 1.29 is 9.63 Å². The average molecular weight is 361 g/mol. The molecule has 4 rings (SSSR count). The summed E-state index contributed by atoms with van der Waals surface area (Å²) in [5.41, 5.74) is 2.25. The molecular weight excluding hydrogens is 338 g/mol. The van der Waals surface area contributed by atoms with Gasteiger partial charge in [-0.05, 0) is 25.8 Å². The summed E-state index contributed by atoms with van der Waals surface area (Å²) in [5.74, 6) is 0.0532. The van der Waals surface area contributed by atoms with Gasteiger partial charge in [0.2, 0.25) is 5.91 Å². The van der Waals surface area contributed by atoms with E-state index in [1.807, 2.05) is 23.9 Å². The molecule has 0 saturated carbocycles. The van der Waals surface area contributed by atoms with E-state index < -0.39 is 0 Å². The lowest BCUT2D eigenvalue weighted by Crippen LogP contribution is -2.42. The van der Waals surface area contributed by atoms with Gasteiger partial charge in [0.05, 0.1) is 35.5 Å². The monoisotopic (exact) mass is 361 g/mol. The fourth-order valence-corrected chi connectivity index (χ4v) is 4.15. The number of fused-ring (bicyclic) bond motifs is 1. The summed E-state index contributed by atoms with van der Waals surface area (Å²) < 4.78 is 2.00. The predicted molar refractivity (Wildman–Crippen MR) is 93.7 cm³/mol. The van der Waals surface area contributed by atoms with E-state index in [1.54, 1.807) is 11.3 Å². The van der Waals surface area contributed by atoms with Crippen molar-refractivity contribution >= 4 is 17.2 Å². The zero-order valence-electron chi connectivity index (χ0n) is 14.4. The summed E-state index contributed by atoms with van der Waals surface area (Å²) in [4.78, 5) is 25.0. The number of carbonyl (C=O) groups excluding carboxylic acids is 1. The van der Waals surface area contributed by atoms with E-state index in [2.05, 4.69) is 20.4 Å². The highest BCUT2D eigenvalue weighted by atomic mass is 32.1. The van der Waals surface area contributed by atoms with Crippen molar-refractivity contribution in [3.05, 3.63) is 34.0 Å². The fourth-order valence-electron chi connectivity index (χ4n) is 3.54. The maximum Gasteiger partial charge on any atom is 0.248 e. The first kappa shape index (κ1) is 16.7. The third-order valence-electron chi connectivity index (χ3n) is 4.70. The first-order chi connectivity index (χ1) is 12.2. The molecule has 2 aromatic heterocycles. The number of amides is 1.